The van der Waals surface area contributed by atoms with Crippen LogP contribution >= 0.6 is 0 Å². The number of nitrogens with zero attached hydrogens (tertiary/aromatic N) is 5. The maximum absolute atomic E-state index is 13.4. The van der Waals surface area contributed by atoms with Crippen molar-refractivity contribution in [3.63, 3.8) is 0 Å². The van der Waals surface area contributed by atoms with Crippen molar-refractivity contribution in [3.8, 4) is 16.9 Å². The molecule has 0 saturated heterocycles. The lowest BCUT2D eigenvalue weighted by Crippen LogP contribution is -2.32. The minimum Gasteiger partial charge on any atom is -0.434 e. The molecule has 2 aliphatic heterocycles. The van der Waals surface area contributed by atoms with Gasteiger partial charge in [-0.1, -0.05) is 18.2 Å². The number of fused-ring (bicyclic) bond motifs is 8. The SMILES string of the molecule is [2H]C([2H])([2H])N1C=c2cccc(OC(F)F)c2=C2C[C@@H]1c1nc3ccc(-c4cnc(C(C)(C)N)nc4)cc3n12. The summed E-state index contributed by atoms with van der Waals surface area (Å²) in [4.78, 5) is 14.9. The lowest BCUT2D eigenvalue weighted by molar-refractivity contribution is -0.0505. The number of alkyl halides is 2. The largest absolute Gasteiger partial charge is 0.434 e. The van der Waals surface area contributed by atoms with Crippen LogP contribution in [0.4, 0.5) is 8.78 Å². The molecule has 1 atom stereocenters. The Balaban J connectivity index is 1.61. The van der Waals surface area contributed by atoms with E-state index in [1.165, 1.54) is 17.2 Å². The van der Waals surface area contributed by atoms with E-state index in [0.717, 1.165) is 11.1 Å². The molecule has 2 bridgehead atoms. The smallest absolute Gasteiger partial charge is 0.387 e. The zero-order valence-corrected chi connectivity index (χ0v) is 19.0. The lowest BCUT2D eigenvalue weighted by Gasteiger charge is -2.20. The highest BCUT2D eigenvalue weighted by Gasteiger charge is 2.35. The van der Waals surface area contributed by atoms with Crippen molar-refractivity contribution < 1.29 is 17.6 Å². The molecule has 9 heteroatoms. The van der Waals surface area contributed by atoms with Gasteiger partial charge in [-0.15, -0.1) is 0 Å². The number of aromatic nitrogens is 4. The van der Waals surface area contributed by atoms with E-state index in [2.05, 4.69) is 9.97 Å². The average molecular weight is 478 g/mol. The van der Waals surface area contributed by atoms with Crippen LogP contribution in [0, 0.1) is 0 Å². The Morgan fingerprint density at radius 2 is 1.97 bits per heavy atom. The summed E-state index contributed by atoms with van der Waals surface area (Å²) in [7, 11) is 0. The molecule has 4 aromatic rings. The number of imidazole rings is 1. The maximum Gasteiger partial charge on any atom is 0.387 e. The van der Waals surface area contributed by atoms with E-state index in [1.807, 2.05) is 36.6 Å². The van der Waals surface area contributed by atoms with Gasteiger partial charge in [-0.3, -0.25) is 4.57 Å². The molecule has 0 radical (unpaired) electrons. The quantitative estimate of drug-likeness (QED) is 0.487. The predicted octanol–water partition coefficient (Wildman–Crippen LogP) is 3.07. The van der Waals surface area contributed by atoms with Crippen molar-refractivity contribution in [1.29, 1.82) is 0 Å². The number of halogens is 2. The molecule has 35 heavy (non-hydrogen) atoms. The lowest BCUT2D eigenvalue weighted by atomic mass is 10.1. The van der Waals surface area contributed by atoms with Crippen molar-refractivity contribution in [2.45, 2.75) is 38.5 Å². The van der Waals surface area contributed by atoms with Gasteiger partial charge in [0, 0.05) is 57.8 Å². The monoisotopic (exact) mass is 477 g/mol. The Morgan fingerprint density at radius 1 is 1.17 bits per heavy atom. The Kier molecular flexibility index (Phi) is 4.00. The van der Waals surface area contributed by atoms with E-state index in [4.69, 9.17) is 19.6 Å². The minimum absolute atomic E-state index is 0.0193. The standard InChI is InChI=1S/C26H24F2N6O/c1-26(2,29)24-30-11-16(12-31-24)14-7-8-17-18(9-14)34-19-10-20(23(34)32-17)33(3)13-15-5-4-6-21(22(15)19)35-25(27)28/h4-9,11-13,20,25H,10,29H2,1-3H3/t20-/m1/s1/i3D3. The normalized spacial score (nSPS) is 18.5. The van der Waals surface area contributed by atoms with Crippen LogP contribution < -0.4 is 20.9 Å². The van der Waals surface area contributed by atoms with E-state index in [1.54, 1.807) is 24.5 Å². The van der Waals surface area contributed by atoms with E-state index in [0.29, 0.717) is 38.8 Å². The molecule has 2 aliphatic rings. The summed E-state index contributed by atoms with van der Waals surface area (Å²) in [5.41, 5.74) is 9.01. The van der Waals surface area contributed by atoms with Crippen molar-refractivity contribution in [2.24, 2.45) is 5.73 Å². The van der Waals surface area contributed by atoms with Crippen LogP contribution in [0.15, 0.2) is 48.8 Å². The number of rotatable bonds is 4. The Hall–Kier alpha value is -3.85. The molecule has 0 fully saturated rings. The fraction of sp³-hybridized carbons (Fsp3) is 0.269. The first-order valence-corrected chi connectivity index (χ1v) is 11.1. The Bertz CT molecular complexity index is 1690. The molecule has 2 N–H and O–H groups in total. The summed E-state index contributed by atoms with van der Waals surface area (Å²) in [6.07, 6.45) is 5.15. The van der Waals surface area contributed by atoms with Crippen LogP contribution in [0.25, 0.3) is 34.1 Å². The van der Waals surface area contributed by atoms with Gasteiger partial charge in [-0.25, -0.2) is 15.0 Å². The minimum atomic E-state index is -3.03. The van der Waals surface area contributed by atoms with Gasteiger partial charge in [0.2, 0.25) is 0 Å². The van der Waals surface area contributed by atoms with Crippen molar-refractivity contribution in [2.75, 3.05) is 6.98 Å². The van der Waals surface area contributed by atoms with Gasteiger partial charge in [-0.05, 0) is 37.6 Å². The third-order valence-electron chi connectivity index (χ3n) is 6.37. The number of benzene rings is 2. The Morgan fingerprint density at radius 3 is 2.69 bits per heavy atom. The summed E-state index contributed by atoms with van der Waals surface area (Å²) in [5.74, 6) is 1.01. The summed E-state index contributed by atoms with van der Waals surface area (Å²) in [6, 6.07) is 9.76. The topological polar surface area (TPSA) is 82.1 Å². The van der Waals surface area contributed by atoms with Gasteiger partial charge >= 0.3 is 6.61 Å². The van der Waals surface area contributed by atoms with Gasteiger partial charge in [-0.2, -0.15) is 8.78 Å². The zero-order chi connectivity index (χ0) is 27.0. The highest BCUT2D eigenvalue weighted by atomic mass is 19.3. The van der Waals surface area contributed by atoms with Crippen LogP contribution in [0.5, 0.6) is 5.75 Å². The van der Waals surface area contributed by atoms with Crippen LogP contribution in [0.1, 0.15) is 42.1 Å². The van der Waals surface area contributed by atoms with E-state index < -0.39 is 25.2 Å². The highest BCUT2D eigenvalue weighted by molar-refractivity contribution is 5.86. The molecule has 7 nitrogen and oxygen atoms in total. The number of ether oxygens (including phenoxy) is 1. The van der Waals surface area contributed by atoms with Gasteiger partial charge in [0.25, 0.3) is 0 Å². The molecular formula is C26H24F2N6O. The molecule has 4 heterocycles. The van der Waals surface area contributed by atoms with Crippen LogP contribution in [-0.2, 0) is 5.54 Å². The van der Waals surface area contributed by atoms with Crippen LogP contribution in [-0.4, -0.2) is 38.0 Å². The van der Waals surface area contributed by atoms with E-state index >= 15 is 0 Å². The van der Waals surface area contributed by atoms with Crippen molar-refractivity contribution >= 4 is 22.9 Å². The predicted molar refractivity (Wildman–Crippen MR) is 129 cm³/mol. The Labute approximate surface area is 204 Å². The second-order valence-electron chi connectivity index (χ2n) is 9.33. The number of hydrogen-bond acceptors (Lipinski definition) is 6. The summed E-state index contributed by atoms with van der Waals surface area (Å²) in [5, 5.41) is 0.902. The van der Waals surface area contributed by atoms with E-state index in [9.17, 15) is 8.78 Å². The number of nitrogens with two attached hydrogens (primary N) is 1. The van der Waals surface area contributed by atoms with Gasteiger partial charge in [0.05, 0.1) is 22.6 Å². The second kappa shape index (κ2) is 7.58. The highest BCUT2D eigenvalue weighted by Crippen LogP contribution is 2.40. The molecule has 0 amide bonds. The molecule has 2 aromatic carbocycles. The maximum atomic E-state index is 13.4. The van der Waals surface area contributed by atoms with Crippen molar-refractivity contribution in [1.82, 2.24) is 24.4 Å². The molecule has 178 valence electrons. The molecule has 0 spiro atoms. The van der Waals surface area contributed by atoms with Gasteiger partial charge in [0.1, 0.15) is 17.4 Å². The van der Waals surface area contributed by atoms with Crippen LogP contribution in [0.2, 0.25) is 0 Å². The first kappa shape index (κ1) is 18.5. The summed E-state index contributed by atoms with van der Waals surface area (Å²) < 4.78 is 58.0. The van der Waals surface area contributed by atoms with Gasteiger partial charge < -0.3 is 15.4 Å². The molecule has 2 aromatic heterocycles. The first-order chi connectivity index (χ1) is 17.9. The fourth-order valence-electron chi connectivity index (χ4n) is 4.79. The molecule has 0 saturated carbocycles. The summed E-state index contributed by atoms with van der Waals surface area (Å²) >= 11 is 0. The van der Waals surface area contributed by atoms with Crippen LogP contribution in [0.3, 0.4) is 0 Å². The molecular weight excluding hydrogens is 450 g/mol. The first-order valence-electron chi connectivity index (χ1n) is 12.6. The van der Waals surface area contributed by atoms with Crippen molar-refractivity contribution in [3.05, 3.63) is 70.9 Å². The average Bonchev–Trinajstić information content (AvgIpc) is 3.31. The third kappa shape index (κ3) is 3.46. The molecule has 6 rings (SSSR count). The fourth-order valence-corrected chi connectivity index (χ4v) is 4.79. The third-order valence-corrected chi connectivity index (χ3v) is 6.37. The second-order valence-corrected chi connectivity index (χ2v) is 9.33. The zero-order valence-electron chi connectivity index (χ0n) is 22.0. The summed E-state index contributed by atoms with van der Waals surface area (Å²) in [6.45, 7) is -1.87. The molecule has 0 aliphatic carbocycles. The molecule has 0 unspecified atom stereocenters. The van der Waals surface area contributed by atoms with E-state index in [-0.39, 0.29) is 12.2 Å². The number of hydrogen-bond donors (Lipinski definition) is 1. The van der Waals surface area contributed by atoms with Gasteiger partial charge in [0.15, 0.2) is 0 Å².